The van der Waals surface area contributed by atoms with E-state index in [-0.39, 0.29) is 0 Å². The summed E-state index contributed by atoms with van der Waals surface area (Å²) in [6.07, 6.45) is 9.80. The summed E-state index contributed by atoms with van der Waals surface area (Å²) in [7, 11) is 0. The summed E-state index contributed by atoms with van der Waals surface area (Å²) < 4.78 is 14.1. The number of ether oxygens (including phenoxy) is 2. The third-order valence-electron chi connectivity index (χ3n) is 9.24. The highest BCUT2D eigenvalue weighted by Gasteiger charge is 2.13. The van der Waals surface area contributed by atoms with Crippen LogP contribution in [0.25, 0.3) is 44.1 Å². The van der Waals surface area contributed by atoms with E-state index in [1.54, 1.807) is 4.68 Å². The van der Waals surface area contributed by atoms with Gasteiger partial charge in [-0.15, -0.1) is 0 Å². The number of aromatic nitrogens is 1. The van der Waals surface area contributed by atoms with Gasteiger partial charge >= 0.3 is 0 Å². The highest BCUT2D eigenvalue weighted by atomic mass is 16.5. The quantitative estimate of drug-likeness (QED) is 0.116. The Bertz CT molecular complexity index is 1500. The number of fused-ring (bicyclic) bond motifs is 3. The Morgan fingerprint density at radius 1 is 0.545 bits per heavy atom. The Balaban J connectivity index is 1.33. The molecular weight excluding hydrogens is 540 g/mol. The van der Waals surface area contributed by atoms with Crippen molar-refractivity contribution in [2.75, 3.05) is 19.1 Å². The minimum Gasteiger partial charge on any atom is -0.493 e. The number of hydrogen-bond acceptors (Lipinski definition) is 3. The van der Waals surface area contributed by atoms with Crippen LogP contribution in [0, 0.1) is 11.8 Å². The molecule has 0 aliphatic carbocycles. The molecule has 4 heteroatoms. The van der Waals surface area contributed by atoms with Gasteiger partial charge < -0.3 is 15.3 Å². The van der Waals surface area contributed by atoms with Crippen LogP contribution < -0.4 is 15.3 Å². The Morgan fingerprint density at radius 2 is 0.932 bits per heavy atom. The Morgan fingerprint density at radius 3 is 1.30 bits per heavy atom. The molecule has 0 bridgehead atoms. The molecule has 0 saturated carbocycles. The standard InChI is InChI=1S/C40H50N2O2/c1-5-9-11-29(7-3)27-43-35-19-13-31(14-20-35)33-17-23-39-37(25-33)38-26-34(18-24-40(38)42(39)41)32-15-21-36(22-16-32)44-28-30(8-4)12-10-6-2/h13-26,29-30H,5-12,27-28,41H2,1-4H3. The molecular formula is C40H50N2O2. The highest BCUT2D eigenvalue weighted by Crippen LogP contribution is 2.35. The molecule has 1 aromatic heterocycles. The fraction of sp³-hybridized carbons (Fsp3) is 0.400. The van der Waals surface area contributed by atoms with Crippen molar-refractivity contribution in [2.45, 2.75) is 79.1 Å². The van der Waals surface area contributed by atoms with Gasteiger partial charge in [0.1, 0.15) is 11.5 Å². The van der Waals surface area contributed by atoms with Gasteiger partial charge in [-0.05, 0) is 95.5 Å². The van der Waals surface area contributed by atoms with Gasteiger partial charge in [-0.25, -0.2) is 0 Å². The predicted molar refractivity (Wildman–Crippen MR) is 188 cm³/mol. The lowest BCUT2D eigenvalue weighted by Gasteiger charge is -2.15. The number of unbranched alkanes of at least 4 members (excludes halogenated alkanes) is 2. The fourth-order valence-corrected chi connectivity index (χ4v) is 6.12. The van der Waals surface area contributed by atoms with Gasteiger partial charge in [0.2, 0.25) is 0 Å². The molecule has 4 aromatic carbocycles. The molecule has 2 N–H and O–H groups in total. The number of nitrogen functional groups attached to an aromatic ring is 1. The van der Waals surface area contributed by atoms with Crippen molar-refractivity contribution in [2.24, 2.45) is 11.8 Å². The largest absolute Gasteiger partial charge is 0.493 e. The van der Waals surface area contributed by atoms with Gasteiger partial charge in [-0.3, -0.25) is 4.68 Å². The lowest BCUT2D eigenvalue weighted by Crippen LogP contribution is -2.11. The Labute approximate surface area is 264 Å². The second-order valence-electron chi connectivity index (χ2n) is 12.3. The molecule has 0 fully saturated rings. The van der Waals surface area contributed by atoms with Gasteiger partial charge in [-0.2, -0.15) is 0 Å². The molecule has 0 spiro atoms. The number of rotatable bonds is 16. The first-order chi connectivity index (χ1) is 21.5. The van der Waals surface area contributed by atoms with Crippen LogP contribution in [0.2, 0.25) is 0 Å². The molecule has 1 heterocycles. The minimum absolute atomic E-state index is 0.621. The smallest absolute Gasteiger partial charge is 0.119 e. The van der Waals surface area contributed by atoms with Crippen molar-refractivity contribution in [1.82, 2.24) is 4.68 Å². The SMILES string of the molecule is CCCCC(CC)COc1ccc(-c2ccc3c(c2)c2cc(-c4ccc(OCC(CC)CCCC)cc4)ccc2n3N)cc1. The molecule has 232 valence electrons. The Hall–Kier alpha value is -3.92. The number of benzene rings is 4. The minimum atomic E-state index is 0.621. The molecule has 0 radical (unpaired) electrons. The highest BCUT2D eigenvalue weighted by molar-refractivity contribution is 6.10. The summed E-state index contributed by atoms with van der Waals surface area (Å²) in [4.78, 5) is 0. The monoisotopic (exact) mass is 590 g/mol. The van der Waals surface area contributed by atoms with Crippen molar-refractivity contribution < 1.29 is 9.47 Å². The molecule has 0 aliphatic rings. The van der Waals surface area contributed by atoms with Crippen molar-refractivity contribution in [3.05, 3.63) is 84.9 Å². The van der Waals surface area contributed by atoms with Gasteiger partial charge in [0, 0.05) is 10.8 Å². The topological polar surface area (TPSA) is 49.4 Å². The third-order valence-corrected chi connectivity index (χ3v) is 9.24. The summed E-state index contributed by atoms with van der Waals surface area (Å²) in [6, 6.07) is 30.1. The van der Waals surface area contributed by atoms with Crippen molar-refractivity contribution in [3.8, 4) is 33.8 Å². The van der Waals surface area contributed by atoms with E-state index in [0.29, 0.717) is 11.8 Å². The van der Waals surface area contributed by atoms with E-state index < -0.39 is 0 Å². The first kappa shape index (κ1) is 31.5. The molecule has 4 nitrogen and oxygen atoms in total. The molecule has 2 atom stereocenters. The van der Waals surface area contributed by atoms with E-state index >= 15 is 0 Å². The van der Waals surface area contributed by atoms with Gasteiger partial charge in [-0.1, -0.05) is 103 Å². The van der Waals surface area contributed by atoms with Crippen LogP contribution in [0.15, 0.2) is 84.9 Å². The summed E-state index contributed by atoms with van der Waals surface area (Å²) in [6.45, 7) is 10.6. The van der Waals surface area contributed by atoms with Crippen molar-refractivity contribution in [1.29, 1.82) is 0 Å². The van der Waals surface area contributed by atoms with E-state index in [0.717, 1.165) is 59.4 Å². The van der Waals surface area contributed by atoms with Gasteiger partial charge in [0.05, 0.1) is 24.2 Å². The molecule has 5 aromatic rings. The van der Waals surface area contributed by atoms with E-state index in [1.165, 1.54) is 60.8 Å². The van der Waals surface area contributed by atoms with Crippen molar-refractivity contribution >= 4 is 21.8 Å². The molecule has 2 unspecified atom stereocenters. The van der Waals surface area contributed by atoms with Crippen LogP contribution >= 0.6 is 0 Å². The molecule has 0 aliphatic heterocycles. The maximum atomic E-state index is 6.57. The normalized spacial score (nSPS) is 12.9. The van der Waals surface area contributed by atoms with Crippen LogP contribution in [-0.2, 0) is 0 Å². The van der Waals surface area contributed by atoms with Crippen LogP contribution in [0.5, 0.6) is 11.5 Å². The lowest BCUT2D eigenvalue weighted by molar-refractivity contribution is 0.233. The Kier molecular flexibility index (Phi) is 10.9. The molecule has 5 rings (SSSR count). The zero-order valence-electron chi connectivity index (χ0n) is 27.1. The third kappa shape index (κ3) is 7.41. The van der Waals surface area contributed by atoms with Crippen LogP contribution in [0.4, 0.5) is 0 Å². The first-order valence-corrected chi connectivity index (χ1v) is 16.8. The average Bonchev–Trinajstić information content (AvgIpc) is 3.35. The summed E-state index contributed by atoms with van der Waals surface area (Å²) in [5.41, 5.74) is 6.72. The van der Waals surface area contributed by atoms with Crippen molar-refractivity contribution in [3.63, 3.8) is 0 Å². The van der Waals surface area contributed by atoms with Gasteiger partial charge in [0.15, 0.2) is 0 Å². The van der Waals surface area contributed by atoms with Gasteiger partial charge in [0.25, 0.3) is 0 Å². The van der Waals surface area contributed by atoms with E-state index in [4.69, 9.17) is 15.3 Å². The zero-order chi connectivity index (χ0) is 30.9. The fourth-order valence-electron chi connectivity index (χ4n) is 6.12. The average molecular weight is 591 g/mol. The van der Waals surface area contributed by atoms with Crippen LogP contribution in [0.1, 0.15) is 79.1 Å². The second-order valence-corrected chi connectivity index (χ2v) is 12.3. The molecule has 0 amide bonds. The summed E-state index contributed by atoms with van der Waals surface area (Å²) >= 11 is 0. The first-order valence-electron chi connectivity index (χ1n) is 16.8. The lowest BCUT2D eigenvalue weighted by atomic mass is 10.00. The summed E-state index contributed by atoms with van der Waals surface area (Å²) in [5, 5.41) is 2.31. The number of nitrogens with two attached hydrogens (primary N) is 1. The van der Waals surface area contributed by atoms with E-state index in [1.807, 2.05) is 0 Å². The maximum absolute atomic E-state index is 6.57. The van der Waals surface area contributed by atoms with Crippen LogP contribution in [-0.4, -0.2) is 17.9 Å². The summed E-state index contributed by atoms with van der Waals surface area (Å²) in [5.74, 6) is 9.69. The maximum Gasteiger partial charge on any atom is 0.119 e. The molecule has 0 saturated heterocycles. The second kappa shape index (κ2) is 15.2. The number of hydrogen-bond donors (Lipinski definition) is 1. The number of nitrogens with zero attached hydrogens (tertiary/aromatic N) is 1. The zero-order valence-corrected chi connectivity index (χ0v) is 27.1. The van der Waals surface area contributed by atoms with E-state index in [9.17, 15) is 0 Å². The van der Waals surface area contributed by atoms with E-state index in [2.05, 4.69) is 113 Å². The van der Waals surface area contributed by atoms with Crippen LogP contribution in [0.3, 0.4) is 0 Å². The molecule has 44 heavy (non-hydrogen) atoms. The predicted octanol–water partition coefficient (Wildman–Crippen LogP) is 11.0.